The van der Waals surface area contributed by atoms with Crippen LogP contribution in [0, 0.1) is 0 Å². The maximum absolute atomic E-state index is 13.0. The number of rotatable bonds is 6. The molecule has 2 fully saturated rings. The van der Waals surface area contributed by atoms with Gasteiger partial charge in [-0.2, -0.15) is 13.2 Å². The van der Waals surface area contributed by atoms with E-state index in [0.717, 1.165) is 25.0 Å². The van der Waals surface area contributed by atoms with Gasteiger partial charge in [0.05, 0.1) is 35.4 Å². The molecule has 1 aliphatic carbocycles. The highest BCUT2D eigenvalue weighted by molar-refractivity contribution is 5.91. The van der Waals surface area contributed by atoms with Crippen LogP contribution in [-0.4, -0.2) is 74.4 Å². The number of nitrogens with one attached hydrogen (secondary N) is 2. The third-order valence-electron chi connectivity index (χ3n) is 6.77. The van der Waals surface area contributed by atoms with Crippen molar-refractivity contribution in [1.29, 1.82) is 0 Å². The van der Waals surface area contributed by atoms with Gasteiger partial charge in [-0.1, -0.05) is 0 Å². The molecule has 1 saturated carbocycles. The van der Waals surface area contributed by atoms with Gasteiger partial charge in [-0.25, -0.2) is 9.97 Å². The summed E-state index contributed by atoms with van der Waals surface area (Å²) < 4.78 is 39.1. The molecular weight excluding hydrogens is 439 g/mol. The number of anilines is 1. The van der Waals surface area contributed by atoms with E-state index in [9.17, 15) is 28.2 Å². The highest BCUT2D eigenvalue weighted by Gasteiger charge is 2.41. The highest BCUT2D eigenvalue weighted by Crippen LogP contribution is 2.35. The summed E-state index contributed by atoms with van der Waals surface area (Å²) >= 11 is 0. The van der Waals surface area contributed by atoms with Gasteiger partial charge in [0, 0.05) is 24.5 Å². The van der Waals surface area contributed by atoms with E-state index >= 15 is 0 Å². The Kier molecular flexibility index (Phi) is 6.47. The number of aromatic nitrogens is 2. The molecule has 33 heavy (non-hydrogen) atoms. The molecule has 1 atom stereocenters. The van der Waals surface area contributed by atoms with Crippen LogP contribution in [-0.2, 0) is 11.0 Å². The van der Waals surface area contributed by atoms with Gasteiger partial charge in [-0.15, -0.1) is 0 Å². The lowest BCUT2D eigenvalue weighted by Crippen LogP contribution is -2.63. The third kappa shape index (κ3) is 5.20. The van der Waals surface area contributed by atoms with Crippen LogP contribution in [0.1, 0.15) is 38.2 Å². The fourth-order valence-electron chi connectivity index (χ4n) is 4.60. The Hall–Kier alpha value is -2.50. The maximum atomic E-state index is 13.0. The molecule has 2 aliphatic rings. The molecule has 1 aromatic heterocycles. The highest BCUT2D eigenvalue weighted by atomic mass is 19.4. The summed E-state index contributed by atoms with van der Waals surface area (Å²) in [6.07, 6.45) is -1.30. The van der Waals surface area contributed by atoms with E-state index in [1.807, 2.05) is 0 Å². The van der Waals surface area contributed by atoms with Crippen molar-refractivity contribution in [2.45, 2.75) is 62.6 Å². The van der Waals surface area contributed by atoms with Crippen LogP contribution in [0.4, 0.5) is 19.0 Å². The number of alkyl halides is 3. The minimum absolute atomic E-state index is 0.00384. The first-order valence-electron chi connectivity index (χ1n) is 11.0. The van der Waals surface area contributed by atoms with Crippen LogP contribution in [0.25, 0.3) is 10.9 Å². The fraction of sp³-hybridized carbons (Fsp3) is 0.591. The number of fused-ring (bicyclic) bond motifs is 1. The third-order valence-corrected chi connectivity index (χ3v) is 6.77. The van der Waals surface area contributed by atoms with Crippen molar-refractivity contribution >= 4 is 22.6 Å². The summed E-state index contributed by atoms with van der Waals surface area (Å²) in [7, 11) is 0. The average molecular weight is 467 g/mol. The number of nitrogens with zero attached hydrogens (tertiary/aromatic N) is 3. The van der Waals surface area contributed by atoms with E-state index in [1.165, 1.54) is 12.4 Å². The number of benzene rings is 1. The van der Waals surface area contributed by atoms with Crippen LogP contribution in [0.2, 0.25) is 0 Å². The summed E-state index contributed by atoms with van der Waals surface area (Å²) in [5, 5.41) is 26.1. The van der Waals surface area contributed by atoms with Gasteiger partial charge in [0.1, 0.15) is 12.1 Å². The average Bonchev–Trinajstić information content (AvgIpc) is 2.74. The number of hydrogen-bond acceptors (Lipinski definition) is 7. The van der Waals surface area contributed by atoms with Gasteiger partial charge < -0.3 is 20.8 Å². The first kappa shape index (κ1) is 23.7. The van der Waals surface area contributed by atoms with E-state index in [4.69, 9.17) is 0 Å². The molecule has 4 rings (SSSR count). The molecule has 2 heterocycles. The second-order valence-corrected chi connectivity index (χ2v) is 9.03. The zero-order valence-corrected chi connectivity index (χ0v) is 18.3. The van der Waals surface area contributed by atoms with Crippen LogP contribution in [0.5, 0.6) is 0 Å². The Balaban J connectivity index is 1.26. The molecule has 1 aliphatic heterocycles. The second-order valence-electron chi connectivity index (χ2n) is 9.03. The number of hydrogen-bond donors (Lipinski definition) is 4. The zero-order chi connectivity index (χ0) is 23.8. The van der Waals surface area contributed by atoms with Crippen molar-refractivity contribution in [2.24, 2.45) is 0 Å². The number of aliphatic hydroxyl groups excluding tert-OH is 1. The summed E-state index contributed by atoms with van der Waals surface area (Å²) in [5.41, 5.74) is -1.46. The van der Waals surface area contributed by atoms with Gasteiger partial charge in [-0.3, -0.25) is 9.69 Å². The first-order chi connectivity index (χ1) is 15.5. The minimum atomic E-state index is -4.48. The maximum Gasteiger partial charge on any atom is 0.416 e. The van der Waals surface area contributed by atoms with Crippen molar-refractivity contribution in [2.75, 3.05) is 25.0 Å². The Labute approximate surface area is 189 Å². The Morgan fingerprint density at radius 1 is 1.27 bits per heavy atom. The van der Waals surface area contributed by atoms with Gasteiger partial charge in [-0.05, 0) is 50.8 Å². The van der Waals surface area contributed by atoms with E-state index in [0.29, 0.717) is 37.5 Å². The molecule has 1 amide bonds. The van der Waals surface area contributed by atoms with Crippen LogP contribution >= 0.6 is 0 Å². The van der Waals surface area contributed by atoms with Crippen LogP contribution in [0.15, 0.2) is 24.5 Å². The molecule has 11 heteroatoms. The van der Waals surface area contributed by atoms with Crippen molar-refractivity contribution in [3.63, 3.8) is 0 Å². The largest absolute Gasteiger partial charge is 0.416 e. The van der Waals surface area contributed by atoms with Crippen molar-refractivity contribution in [3.8, 4) is 0 Å². The van der Waals surface area contributed by atoms with Crippen molar-refractivity contribution in [1.82, 2.24) is 20.2 Å². The van der Waals surface area contributed by atoms with Crippen LogP contribution in [0.3, 0.4) is 0 Å². The first-order valence-corrected chi connectivity index (χ1v) is 11.0. The number of aliphatic hydroxyl groups is 2. The normalized spacial score (nSPS) is 25.5. The molecule has 1 saturated heterocycles. The molecule has 1 unspecified atom stereocenters. The number of amides is 1. The summed E-state index contributed by atoms with van der Waals surface area (Å²) in [6, 6.07) is 3.54. The number of halogens is 3. The lowest BCUT2D eigenvalue weighted by molar-refractivity contribution is -0.137. The summed E-state index contributed by atoms with van der Waals surface area (Å²) in [4.78, 5) is 22.6. The van der Waals surface area contributed by atoms with Gasteiger partial charge in [0.2, 0.25) is 5.91 Å². The number of carbonyl (C=O) groups is 1. The Bertz CT molecular complexity index is 1000. The number of likely N-dealkylation sites (tertiary alicyclic amines) is 1. The monoisotopic (exact) mass is 467 g/mol. The van der Waals surface area contributed by atoms with Crippen molar-refractivity contribution < 1.29 is 28.2 Å². The Morgan fingerprint density at radius 2 is 1.97 bits per heavy atom. The molecule has 1 aromatic carbocycles. The standard InChI is InChI=1S/C22H28F3N5O3/c1-13(31)21(33)6-4-16(5-7-21)30-10-15(11-30)29-19(32)9-26-20-17-8-14(22(23,24)25)2-3-18(17)27-12-28-20/h2-3,8,12-13,15-16,31,33H,4-7,9-11H2,1H3,(H,29,32)(H,26,27,28)/t13?,16-,21-. The van der Waals surface area contributed by atoms with E-state index < -0.39 is 23.4 Å². The van der Waals surface area contributed by atoms with E-state index in [2.05, 4.69) is 25.5 Å². The van der Waals surface area contributed by atoms with Gasteiger partial charge in [0.25, 0.3) is 0 Å². The molecule has 180 valence electrons. The number of carbonyl (C=O) groups excluding carboxylic acids is 1. The molecule has 0 radical (unpaired) electrons. The topological polar surface area (TPSA) is 111 Å². The Morgan fingerprint density at radius 3 is 2.61 bits per heavy atom. The molecule has 0 spiro atoms. The molecule has 4 N–H and O–H groups in total. The second kappa shape index (κ2) is 9.03. The van der Waals surface area contributed by atoms with Gasteiger partial charge in [0.15, 0.2) is 0 Å². The van der Waals surface area contributed by atoms with E-state index in [1.54, 1.807) is 6.92 Å². The quantitative estimate of drug-likeness (QED) is 0.514. The predicted molar refractivity (Wildman–Crippen MR) is 115 cm³/mol. The fourth-order valence-corrected chi connectivity index (χ4v) is 4.60. The lowest BCUT2D eigenvalue weighted by Gasteiger charge is -2.48. The predicted octanol–water partition coefficient (Wildman–Crippen LogP) is 1.92. The molecule has 0 bridgehead atoms. The molecule has 2 aromatic rings. The van der Waals surface area contributed by atoms with Gasteiger partial charge >= 0.3 is 6.18 Å². The smallest absolute Gasteiger partial charge is 0.390 e. The molecular formula is C22H28F3N5O3. The zero-order valence-electron chi connectivity index (χ0n) is 18.3. The van der Waals surface area contributed by atoms with E-state index in [-0.39, 0.29) is 29.7 Å². The summed E-state index contributed by atoms with van der Waals surface area (Å²) in [6.45, 7) is 2.90. The lowest BCUT2D eigenvalue weighted by atomic mass is 9.78. The van der Waals surface area contributed by atoms with Crippen LogP contribution < -0.4 is 10.6 Å². The minimum Gasteiger partial charge on any atom is -0.390 e. The van der Waals surface area contributed by atoms with Crippen molar-refractivity contribution in [3.05, 3.63) is 30.1 Å². The molecule has 8 nitrogen and oxygen atoms in total. The summed E-state index contributed by atoms with van der Waals surface area (Å²) in [5.74, 6) is -0.102. The SMILES string of the molecule is CC(O)[C@]1(O)CC[C@H](N2CC(NC(=O)CNc3ncnc4ccc(C(F)(F)F)cc34)C2)CC1.